The monoisotopic (exact) mass is 1050 g/mol. The molecule has 380 valence electrons. The van der Waals surface area contributed by atoms with E-state index in [1.54, 1.807) is 0 Å². The number of aliphatic hydroxyl groups is 4. The van der Waals surface area contributed by atoms with Crippen molar-refractivity contribution in [1.82, 2.24) is 19.9 Å². The zero-order valence-corrected chi connectivity index (χ0v) is 36.3. The SMILES string of the molecule is OC[C@H]1O[C@@H](c2ccc(-c3c4nc(c(-c5c(F)c(F)c(F)c(F)c5F)c5ccc([nH]5)c(-c5c(F)c(F)c(F)c(F)c5F)c5nc(c(-c6c(F)c(F)c(F)c(F)c6F)c6ccc3[nH]6)C=C5)C=C4)cc2)[C@H](O)[C@@H](O)[C@@H]1O. The van der Waals surface area contributed by atoms with Crippen molar-refractivity contribution in [3.05, 3.63) is 164 Å². The van der Waals surface area contributed by atoms with Crippen molar-refractivity contribution in [2.24, 2.45) is 0 Å². The fourth-order valence-corrected chi connectivity index (χ4v) is 8.99. The van der Waals surface area contributed by atoms with E-state index in [0.717, 1.165) is 48.6 Å². The van der Waals surface area contributed by atoms with E-state index < -0.39 is 191 Å². The quantitative estimate of drug-likeness (QED) is 0.0552. The standard InChI is InChI=1S/C50H25F15N4O5/c51-32-29(33(52)39(58)44(63)38(32)57)26-18-7-5-16(66-18)25(14-1-3-15(4-2-14)50-49(73)48(72)47(71)24(13-70)74-50)17-6-8-19(67-17)27(30-34(53)40(59)45(64)41(60)35(30)54)21-10-12-23(69-21)28(22-11-9-20(26)68-22)31-36(55)42(61)46(65)43(62)37(31)56/h1-12,24,47-50,66,69-73H,13H2/t24-,47-,48+,49-,50+/m1/s1. The Morgan fingerprint density at radius 2 is 0.662 bits per heavy atom. The Morgan fingerprint density at radius 1 is 0.365 bits per heavy atom. The first kappa shape index (κ1) is 49.8. The Bertz CT molecular complexity index is 3650. The summed E-state index contributed by atoms with van der Waals surface area (Å²) < 4.78 is 235. The van der Waals surface area contributed by atoms with Crippen LogP contribution in [-0.2, 0) is 4.74 Å². The van der Waals surface area contributed by atoms with Crippen molar-refractivity contribution in [2.45, 2.75) is 30.5 Å². The van der Waals surface area contributed by atoms with Crippen LogP contribution in [0.3, 0.4) is 0 Å². The highest BCUT2D eigenvalue weighted by molar-refractivity contribution is 6.00. The first-order valence-corrected chi connectivity index (χ1v) is 21.3. The lowest BCUT2D eigenvalue weighted by Gasteiger charge is -2.40. The van der Waals surface area contributed by atoms with Crippen LogP contribution in [0.4, 0.5) is 65.9 Å². The molecule has 24 heteroatoms. The van der Waals surface area contributed by atoms with E-state index in [9.17, 15) is 33.6 Å². The number of aromatic nitrogens is 4. The average Bonchev–Trinajstić information content (AvgIpc) is 4.26. The van der Waals surface area contributed by atoms with Crippen LogP contribution < -0.4 is 0 Å². The Balaban J connectivity index is 1.38. The van der Waals surface area contributed by atoms with Gasteiger partial charge >= 0.3 is 0 Å². The number of rotatable bonds is 6. The number of aliphatic hydroxyl groups excluding tert-OH is 4. The van der Waals surface area contributed by atoms with Gasteiger partial charge in [0.05, 0.1) is 46.1 Å². The molecular formula is C50H25F15N4O5. The fourth-order valence-electron chi connectivity index (χ4n) is 8.99. The van der Waals surface area contributed by atoms with E-state index in [1.807, 2.05) is 0 Å². The second-order valence-corrected chi connectivity index (χ2v) is 16.7. The number of hydrogen-bond acceptors (Lipinski definition) is 7. The molecule has 3 aliphatic heterocycles. The van der Waals surface area contributed by atoms with Crippen LogP contribution in [0.15, 0.2) is 48.5 Å². The number of H-pyrrole nitrogens is 2. The van der Waals surface area contributed by atoms with Crippen molar-refractivity contribution in [3.63, 3.8) is 0 Å². The molecule has 0 aliphatic carbocycles. The lowest BCUT2D eigenvalue weighted by molar-refractivity contribution is -0.231. The van der Waals surface area contributed by atoms with Crippen LogP contribution in [0, 0.1) is 87.3 Å². The normalized spacial score (nSPS) is 18.5. The molecule has 10 rings (SSSR count). The molecule has 1 fully saturated rings. The second-order valence-electron chi connectivity index (χ2n) is 16.7. The molecule has 8 bridgehead atoms. The molecule has 6 N–H and O–H groups in total. The number of fused-ring (bicyclic) bond motifs is 8. The summed E-state index contributed by atoms with van der Waals surface area (Å²) in [5.41, 5.74) is -13.0. The molecular weight excluding hydrogens is 1020 g/mol. The van der Waals surface area contributed by atoms with Crippen molar-refractivity contribution >= 4 is 46.4 Å². The average molecular weight is 1050 g/mol. The van der Waals surface area contributed by atoms with Crippen molar-refractivity contribution in [3.8, 4) is 44.5 Å². The zero-order valence-electron chi connectivity index (χ0n) is 36.3. The minimum Gasteiger partial charge on any atom is -0.394 e. The Labute approximate surface area is 402 Å². The number of nitrogens with zero attached hydrogens (tertiary/aromatic N) is 2. The van der Waals surface area contributed by atoms with Crippen LogP contribution in [-0.4, -0.2) is 71.4 Å². The molecule has 0 saturated carbocycles. The summed E-state index contributed by atoms with van der Waals surface area (Å²) in [5.74, 6) is -37.5. The van der Waals surface area contributed by atoms with Gasteiger partial charge in [-0.1, -0.05) is 24.3 Å². The highest BCUT2D eigenvalue weighted by atomic mass is 19.2. The molecule has 3 aromatic heterocycles. The van der Waals surface area contributed by atoms with Crippen molar-refractivity contribution in [2.75, 3.05) is 6.61 Å². The van der Waals surface area contributed by atoms with Crippen molar-refractivity contribution in [1.29, 1.82) is 0 Å². The van der Waals surface area contributed by atoms with Gasteiger partial charge in [0.25, 0.3) is 0 Å². The summed E-state index contributed by atoms with van der Waals surface area (Å²) in [7, 11) is 0. The molecule has 74 heavy (non-hydrogen) atoms. The maximum absolute atomic E-state index is 16.0. The molecule has 4 aromatic carbocycles. The van der Waals surface area contributed by atoms with Crippen LogP contribution in [0.1, 0.15) is 34.4 Å². The molecule has 9 nitrogen and oxygen atoms in total. The van der Waals surface area contributed by atoms with Crippen LogP contribution >= 0.6 is 0 Å². The first-order valence-electron chi connectivity index (χ1n) is 21.3. The molecule has 5 atom stereocenters. The number of ether oxygens (including phenoxy) is 1. The Morgan fingerprint density at radius 3 is 0.986 bits per heavy atom. The van der Waals surface area contributed by atoms with Crippen LogP contribution in [0.2, 0.25) is 0 Å². The summed E-state index contributed by atoms with van der Waals surface area (Å²) in [5, 5.41) is 41.4. The molecule has 0 radical (unpaired) electrons. The van der Waals surface area contributed by atoms with Crippen LogP contribution in [0.25, 0.3) is 90.9 Å². The van der Waals surface area contributed by atoms with E-state index in [4.69, 9.17) is 4.74 Å². The number of benzene rings is 4. The van der Waals surface area contributed by atoms with Crippen LogP contribution in [0.5, 0.6) is 0 Å². The maximum atomic E-state index is 16.0. The number of nitrogens with one attached hydrogen (secondary N) is 2. The first-order chi connectivity index (χ1) is 35.2. The van der Waals surface area contributed by atoms with Crippen molar-refractivity contribution < 1.29 is 91.0 Å². The Hall–Kier alpha value is -7.77. The van der Waals surface area contributed by atoms with Gasteiger partial charge in [-0.05, 0) is 59.7 Å². The van der Waals surface area contributed by atoms with Gasteiger partial charge in [-0.2, -0.15) is 0 Å². The van der Waals surface area contributed by atoms with Gasteiger partial charge in [0.15, 0.2) is 69.8 Å². The summed E-state index contributed by atoms with van der Waals surface area (Å²) in [6.45, 7) is -0.790. The maximum Gasteiger partial charge on any atom is 0.200 e. The minimum absolute atomic E-state index is 0.0611. The molecule has 0 amide bonds. The van der Waals surface area contributed by atoms with Gasteiger partial charge in [-0.15, -0.1) is 0 Å². The van der Waals surface area contributed by atoms with Gasteiger partial charge in [0.1, 0.15) is 30.5 Å². The number of aromatic amines is 2. The van der Waals surface area contributed by atoms with Gasteiger partial charge in [0, 0.05) is 44.3 Å². The fraction of sp³-hybridized carbons (Fsp3) is 0.120. The van der Waals surface area contributed by atoms with E-state index >= 15 is 52.7 Å². The third-order valence-electron chi connectivity index (χ3n) is 12.6. The zero-order chi connectivity index (χ0) is 53.1. The third-order valence-corrected chi connectivity index (χ3v) is 12.6. The van der Waals surface area contributed by atoms with E-state index in [0.29, 0.717) is 0 Å². The van der Waals surface area contributed by atoms with E-state index in [2.05, 4.69) is 19.9 Å². The number of halogens is 15. The number of hydrogen-bond donors (Lipinski definition) is 6. The summed E-state index contributed by atoms with van der Waals surface area (Å²) in [4.78, 5) is 13.8. The highest BCUT2D eigenvalue weighted by Gasteiger charge is 2.44. The largest absolute Gasteiger partial charge is 0.394 e. The molecule has 0 unspecified atom stereocenters. The lowest BCUT2D eigenvalue weighted by Crippen LogP contribution is -2.55. The predicted octanol–water partition coefficient (Wildman–Crippen LogP) is 10.9. The van der Waals surface area contributed by atoms with Gasteiger partial charge in [-0.25, -0.2) is 75.8 Å². The Kier molecular flexibility index (Phi) is 12.3. The van der Waals surface area contributed by atoms with Gasteiger partial charge in [0.2, 0.25) is 17.5 Å². The van der Waals surface area contributed by atoms with Gasteiger partial charge < -0.3 is 35.1 Å². The molecule has 3 aliphatic rings. The predicted molar refractivity (Wildman–Crippen MR) is 233 cm³/mol. The third kappa shape index (κ3) is 7.57. The highest BCUT2D eigenvalue weighted by Crippen LogP contribution is 2.44. The molecule has 6 heterocycles. The molecule has 1 saturated heterocycles. The summed E-state index contributed by atoms with van der Waals surface area (Å²) in [6.07, 6.45) is -4.40. The smallest absolute Gasteiger partial charge is 0.200 e. The minimum atomic E-state index is -2.65. The van der Waals surface area contributed by atoms with Gasteiger partial charge in [-0.3, -0.25) is 0 Å². The van der Waals surface area contributed by atoms with E-state index in [-0.39, 0.29) is 27.9 Å². The summed E-state index contributed by atoms with van der Waals surface area (Å²) >= 11 is 0. The second kappa shape index (κ2) is 18.3. The lowest BCUT2D eigenvalue weighted by atomic mass is 9.90. The molecule has 0 spiro atoms. The summed E-state index contributed by atoms with van der Waals surface area (Å²) in [6, 6.07) is 9.03. The topological polar surface area (TPSA) is 148 Å². The molecule has 7 aromatic rings. The van der Waals surface area contributed by atoms with E-state index in [1.165, 1.54) is 24.3 Å².